The van der Waals surface area contributed by atoms with Crippen molar-refractivity contribution in [1.29, 1.82) is 0 Å². The van der Waals surface area contributed by atoms with Crippen LogP contribution in [0.15, 0.2) is 24.8 Å². The van der Waals surface area contributed by atoms with Crippen LogP contribution in [0.3, 0.4) is 0 Å². The molecule has 2 aromatic rings. The van der Waals surface area contributed by atoms with Gasteiger partial charge in [0.05, 0.1) is 24.3 Å². The van der Waals surface area contributed by atoms with Crippen LogP contribution in [0.4, 0.5) is 0 Å². The van der Waals surface area contributed by atoms with Crippen LogP contribution in [0.1, 0.15) is 24.2 Å². The van der Waals surface area contributed by atoms with E-state index in [2.05, 4.69) is 26.2 Å². The molecule has 1 fully saturated rings. The smallest absolute Gasteiger partial charge is 0.0953 e. The van der Waals surface area contributed by atoms with E-state index in [9.17, 15) is 0 Å². The summed E-state index contributed by atoms with van der Waals surface area (Å²) in [4.78, 5) is 4.38. The maximum atomic E-state index is 4.38. The Labute approximate surface area is 100 Å². The SMILES string of the molecule is Cn1ccc(Cn2cnc(CNC3CC3)c2)n1. The van der Waals surface area contributed by atoms with Crippen molar-refractivity contribution in [2.75, 3.05) is 0 Å². The molecule has 5 heteroatoms. The Hall–Kier alpha value is -1.62. The first-order valence-electron chi connectivity index (χ1n) is 6.02. The van der Waals surface area contributed by atoms with E-state index < -0.39 is 0 Å². The fourth-order valence-corrected chi connectivity index (χ4v) is 1.86. The third-order valence-corrected chi connectivity index (χ3v) is 2.95. The molecule has 0 aromatic carbocycles. The lowest BCUT2D eigenvalue weighted by Gasteiger charge is -1.99. The largest absolute Gasteiger partial charge is 0.331 e. The zero-order valence-electron chi connectivity index (χ0n) is 10.0. The molecule has 0 unspecified atom stereocenters. The minimum Gasteiger partial charge on any atom is -0.331 e. The fourth-order valence-electron chi connectivity index (χ4n) is 1.86. The van der Waals surface area contributed by atoms with Crippen LogP contribution in [0.2, 0.25) is 0 Å². The van der Waals surface area contributed by atoms with Crippen LogP contribution in [-0.2, 0) is 20.1 Å². The molecule has 0 atom stereocenters. The molecule has 2 aromatic heterocycles. The van der Waals surface area contributed by atoms with E-state index in [0.29, 0.717) is 0 Å². The maximum Gasteiger partial charge on any atom is 0.0953 e. The van der Waals surface area contributed by atoms with E-state index in [-0.39, 0.29) is 0 Å². The number of hydrogen-bond donors (Lipinski definition) is 1. The standard InChI is InChI=1S/C12H17N5/c1-16-5-4-11(15-16)7-17-8-12(14-9-17)6-13-10-2-3-10/h4-5,8-10,13H,2-3,6-7H2,1H3. The molecule has 0 bridgehead atoms. The molecule has 0 spiro atoms. The number of aromatic nitrogens is 4. The summed E-state index contributed by atoms with van der Waals surface area (Å²) in [5.74, 6) is 0. The van der Waals surface area contributed by atoms with Gasteiger partial charge in [0, 0.05) is 32.0 Å². The van der Waals surface area contributed by atoms with Gasteiger partial charge in [-0.1, -0.05) is 0 Å². The van der Waals surface area contributed by atoms with Gasteiger partial charge in [-0.3, -0.25) is 4.68 Å². The van der Waals surface area contributed by atoms with Gasteiger partial charge in [0.2, 0.25) is 0 Å². The second-order valence-electron chi connectivity index (χ2n) is 4.67. The van der Waals surface area contributed by atoms with Gasteiger partial charge in [-0.05, 0) is 18.9 Å². The highest BCUT2D eigenvalue weighted by molar-refractivity contribution is 5.03. The summed E-state index contributed by atoms with van der Waals surface area (Å²) in [6.07, 6.45) is 8.55. The van der Waals surface area contributed by atoms with E-state index in [1.54, 1.807) is 0 Å². The van der Waals surface area contributed by atoms with Crippen molar-refractivity contribution in [1.82, 2.24) is 24.6 Å². The highest BCUT2D eigenvalue weighted by Crippen LogP contribution is 2.18. The Morgan fingerprint density at radius 1 is 1.41 bits per heavy atom. The van der Waals surface area contributed by atoms with Crippen LogP contribution < -0.4 is 5.32 Å². The summed E-state index contributed by atoms with van der Waals surface area (Å²) in [7, 11) is 1.93. The lowest BCUT2D eigenvalue weighted by molar-refractivity contribution is 0.674. The number of rotatable bonds is 5. The molecule has 0 saturated heterocycles. The van der Waals surface area contributed by atoms with E-state index in [1.807, 2.05) is 30.3 Å². The van der Waals surface area contributed by atoms with Gasteiger partial charge < -0.3 is 9.88 Å². The first kappa shape index (κ1) is 10.5. The zero-order valence-corrected chi connectivity index (χ0v) is 10.0. The average molecular weight is 231 g/mol. The van der Waals surface area contributed by atoms with E-state index >= 15 is 0 Å². The average Bonchev–Trinajstić information content (AvgIpc) is 2.90. The lowest BCUT2D eigenvalue weighted by Crippen LogP contribution is -2.15. The topological polar surface area (TPSA) is 47.7 Å². The van der Waals surface area contributed by atoms with Gasteiger partial charge in [0.25, 0.3) is 0 Å². The highest BCUT2D eigenvalue weighted by atomic mass is 15.3. The highest BCUT2D eigenvalue weighted by Gasteiger charge is 2.20. The first-order valence-corrected chi connectivity index (χ1v) is 6.02. The second kappa shape index (κ2) is 4.33. The molecule has 1 aliphatic rings. The van der Waals surface area contributed by atoms with Crippen LogP contribution >= 0.6 is 0 Å². The minimum absolute atomic E-state index is 0.732. The number of aryl methyl sites for hydroxylation is 1. The van der Waals surface area contributed by atoms with Gasteiger partial charge in [-0.15, -0.1) is 0 Å². The molecule has 17 heavy (non-hydrogen) atoms. The predicted octanol–water partition coefficient (Wildman–Crippen LogP) is 0.917. The summed E-state index contributed by atoms with van der Waals surface area (Å²) >= 11 is 0. The molecular formula is C12H17N5. The Kier molecular flexibility index (Phi) is 2.68. The van der Waals surface area contributed by atoms with Crippen molar-refractivity contribution in [3.63, 3.8) is 0 Å². The molecule has 0 radical (unpaired) electrons. The van der Waals surface area contributed by atoms with Crippen molar-refractivity contribution in [3.8, 4) is 0 Å². The molecule has 90 valence electrons. The van der Waals surface area contributed by atoms with Crippen LogP contribution in [0.25, 0.3) is 0 Å². The third kappa shape index (κ3) is 2.74. The summed E-state index contributed by atoms with van der Waals surface area (Å²) in [6, 6.07) is 2.76. The number of imidazole rings is 1. The minimum atomic E-state index is 0.732. The molecule has 0 aliphatic heterocycles. The number of nitrogens with zero attached hydrogens (tertiary/aromatic N) is 4. The Morgan fingerprint density at radius 2 is 2.29 bits per heavy atom. The third-order valence-electron chi connectivity index (χ3n) is 2.95. The van der Waals surface area contributed by atoms with Crippen molar-refractivity contribution in [2.45, 2.75) is 32.0 Å². The molecule has 2 heterocycles. The zero-order chi connectivity index (χ0) is 11.7. The summed E-state index contributed by atoms with van der Waals surface area (Å²) in [6.45, 7) is 1.66. The van der Waals surface area contributed by atoms with E-state index in [4.69, 9.17) is 0 Å². The number of hydrogen-bond acceptors (Lipinski definition) is 3. The summed E-state index contributed by atoms with van der Waals surface area (Å²) in [5.41, 5.74) is 2.17. The molecule has 0 amide bonds. The Bertz CT molecular complexity index is 494. The lowest BCUT2D eigenvalue weighted by atomic mass is 10.4. The quantitative estimate of drug-likeness (QED) is 0.832. The van der Waals surface area contributed by atoms with Gasteiger partial charge in [-0.25, -0.2) is 4.98 Å². The van der Waals surface area contributed by atoms with Gasteiger partial charge in [0.1, 0.15) is 0 Å². The molecule has 1 N–H and O–H groups in total. The first-order chi connectivity index (χ1) is 8.29. The predicted molar refractivity (Wildman–Crippen MR) is 64.4 cm³/mol. The summed E-state index contributed by atoms with van der Waals surface area (Å²) < 4.78 is 3.90. The van der Waals surface area contributed by atoms with Gasteiger partial charge >= 0.3 is 0 Å². The van der Waals surface area contributed by atoms with Gasteiger partial charge in [0.15, 0.2) is 0 Å². The molecule has 3 rings (SSSR count). The Morgan fingerprint density at radius 3 is 3.00 bits per heavy atom. The van der Waals surface area contributed by atoms with Gasteiger partial charge in [-0.2, -0.15) is 5.10 Å². The molecule has 5 nitrogen and oxygen atoms in total. The van der Waals surface area contributed by atoms with Crippen molar-refractivity contribution in [3.05, 3.63) is 36.2 Å². The maximum absolute atomic E-state index is 4.38. The van der Waals surface area contributed by atoms with Crippen LogP contribution in [-0.4, -0.2) is 25.4 Å². The van der Waals surface area contributed by atoms with E-state index in [1.165, 1.54) is 12.8 Å². The Balaban J connectivity index is 1.59. The van der Waals surface area contributed by atoms with Crippen molar-refractivity contribution < 1.29 is 0 Å². The molecular weight excluding hydrogens is 214 g/mol. The molecule has 1 saturated carbocycles. The number of nitrogens with one attached hydrogen (secondary N) is 1. The van der Waals surface area contributed by atoms with Crippen molar-refractivity contribution in [2.24, 2.45) is 7.05 Å². The molecule has 1 aliphatic carbocycles. The normalized spacial score (nSPS) is 15.4. The van der Waals surface area contributed by atoms with Crippen molar-refractivity contribution >= 4 is 0 Å². The second-order valence-corrected chi connectivity index (χ2v) is 4.67. The van der Waals surface area contributed by atoms with Crippen LogP contribution in [0, 0.1) is 0 Å². The van der Waals surface area contributed by atoms with E-state index in [0.717, 1.165) is 30.5 Å². The fraction of sp³-hybridized carbons (Fsp3) is 0.500. The van der Waals surface area contributed by atoms with Crippen LogP contribution in [0.5, 0.6) is 0 Å². The monoisotopic (exact) mass is 231 g/mol. The summed E-state index contributed by atoms with van der Waals surface area (Å²) in [5, 5.41) is 7.81.